The van der Waals surface area contributed by atoms with E-state index in [9.17, 15) is 9.59 Å². The molecule has 2 N–H and O–H groups in total. The molecule has 0 aliphatic heterocycles. The molecule has 14 heavy (non-hydrogen) atoms. The molecule has 0 bridgehead atoms. The first-order chi connectivity index (χ1) is 5.83. The van der Waals surface area contributed by atoms with Crippen molar-refractivity contribution in [1.29, 1.82) is 0 Å². The van der Waals surface area contributed by atoms with Gasteiger partial charge < -0.3 is 11.6 Å². The van der Waals surface area contributed by atoms with Gasteiger partial charge in [0, 0.05) is 0 Å². The zero-order chi connectivity index (χ0) is 10.6. The van der Waals surface area contributed by atoms with Gasteiger partial charge in [0.1, 0.15) is 0 Å². The Balaban J connectivity index is -0.000000720. The smallest absolute Gasteiger partial charge is 1.00 e. The minimum atomic E-state index is -1.31. The molecule has 0 rings (SSSR count). The van der Waals surface area contributed by atoms with Crippen LogP contribution in [-0.4, -0.2) is 22.2 Å². The monoisotopic (exact) mass is 212 g/mol. The molecule has 78 valence electrons. The second-order valence-electron chi connectivity index (χ2n) is 3.85. The van der Waals surface area contributed by atoms with Gasteiger partial charge in [0.05, 0.1) is 0 Å². The maximum atomic E-state index is 10.7. The standard InChI is InChI=1S/C9H16O4.Na.H/c1-4-5-9(2,3)6(7(10)11)8(12)13;;/h6H,4-5H2,1-3H3,(H,10,11)(H,12,13);;/q;+1;-1. The van der Waals surface area contributed by atoms with Gasteiger partial charge in [-0.15, -0.1) is 0 Å². The van der Waals surface area contributed by atoms with E-state index < -0.39 is 23.3 Å². The van der Waals surface area contributed by atoms with Crippen molar-refractivity contribution in [3.63, 3.8) is 0 Å². The average Bonchev–Trinajstić information content (AvgIpc) is 1.82. The maximum absolute atomic E-state index is 10.7. The Hall–Kier alpha value is -0.0600. The third kappa shape index (κ3) is 4.44. The molecule has 0 spiro atoms. The van der Waals surface area contributed by atoms with Crippen LogP contribution >= 0.6 is 0 Å². The molecule has 0 aromatic heterocycles. The van der Waals surface area contributed by atoms with E-state index in [4.69, 9.17) is 10.2 Å². The molecule has 0 radical (unpaired) electrons. The third-order valence-corrected chi connectivity index (χ3v) is 2.17. The van der Waals surface area contributed by atoms with Crippen LogP contribution in [-0.2, 0) is 9.59 Å². The molecule has 0 fully saturated rings. The second kappa shape index (κ2) is 6.43. The van der Waals surface area contributed by atoms with E-state index in [0.717, 1.165) is 6.42 Å². The Kier molecular flexibility index (Phi) is 7.52. The summed E-state index contributed by atoms with van der Waals surface area (Å²) in [5.41, 5.74) is -0.688. The first kappa shape index (κ1) is 16.4. The summed E-state index contributed by atoms with van der Waals surface area (Å²) in [5, 5.41) is 17.5. The summed E-state index contributed by atoms with van der Waals surface area (Å²) in [6.45, 7) is 5.25. The SMILES string of the molecule is CCCC(C)(C)C(C(=O)O)C(=O)O.[H-].[Na+]. The summed E-state index contributed by atoms with van der Waals surface area (Å²) in [5.74, 6) is -3.83. The summed E-state index contributed by atoms with van der Waals surface area (Å²) in [6, 6.07) is 0. The van der Waals surface area contributed by atoms with Crippen molar-refractivity contribution >= 4 is 11.9 Å². The first-order valence-electron chi connectivity index (χ1n) is 4.28. The van der Waals surface area contributed by atoms with Gasteiger partial charge in [-0.25, -0.2) is 0 Å². The summed E-state index contributed by atoms with van der Waals surface area (Å²) >= 11 is 0. The number of hydrogen-bond acceptors (Lipinski definition) is 2. The number of carboxylic acid groups (broad SMARTS) is 2. The molecule has 4 nitrogen and oxygen atoms in total. The van der Waals surface area contributed by atoms with Gasteiger partial charge in [-0.3, -0.25) is 9.59 Å². The molecule has 0 amide bonds. The molecule has 0 aliphatic rings. The van der Waals surface area contributed by atoms with Crippen molar-refractivity contribution in [3.8, 4) is 0 Å². The summed E-state index contributed by atoms with van der Waals surface area (Å²) in [6.07, 6.45) is 1.38. The van der Waals surface area contributed by atoms with Gasteiger partial charge in [-0.2, -0.15) is 0 Å². The van der Waals surface area contributed by atoms with Crippen LogP contribution in [0, 0.1) is 11.3 Å². The normalized spacial score (nSPS) is 10.9. The van der Waals surface area contributed by atoms with Crippen LogP contribution in [0.1, 0.15) is 35.0 Å². The fraction of sp³-hybridized carbons (Fsp3) is 0.778. The Labute approximate surface area is 107 Å². The van der Waals surface area contributed by atoms with Crippen LogP contribution < -0.4 is 29.6 Å². The van der Waals surface area contributed by atoms with E-state index in [1.807, 2.05) is 6.92 Å². The number of aliphatic carboxylic acids is 2. The number of rotatable bonds is 5. The summed E-state index contributed by atoms with van der Waals surface area (Å²) in [4.78, 5) is 21.4. The van der Waals surface area contributed by atoms with Crippen molar-refractivity contribution in [2.45, 2.75) is 33.6 Å². The van der Waals surface area contributed by atoms with E-state index in [2.05, 4.69) is 0 Å². The predicted molar refractivity (Wildman–Crippen MR) is 48.6 cm³/mol. The van der Waals surface area contributed by atoms with Gasteiger partial charge in [0.25, 0.3) is 0 Å². The number of hydrogen-bond donors (Lipinski definition) is 2. The number of carbonyl (C=O) groups is 2. The van der Waals surface area contributed by atoms with Gasteiger partial charge in [0.2, 0.25) is 0 Å². The van der Waals surface area contributed by atoms with Crippen molar-refractivity contribution in [2.75, 3.05) is 0 Å². The predicted octanol–water partition coefficient (Wildman–Crippen LogP) is -1.29. The van der Waals surface area contributed by atoms with Crippen molar-refractivity contribution < 1.29 is 50.8 Å². The molecule has 0 heterocycles. The van der Waals surface area contributed by atoms with Crippen LogP contribution in [0.25, 0.3) is 0 Å². The molecule has 0 unspecified atom stereocenters. The third-order valence-electron chi connectivity index (χ3n) is 2.17. The van der Waals surface area contributed by atoms with Crippen molar-refractivity contribution in [2.24, 2.45) is 11.3 Å². The van der Waals surface area contributed by atoms with E-state index in [1.54, 1.807) is 13.8 Å². The minimum Gasteiger partial charge on any atom is -1.00 e. The fourth-order valence-electron chi connectivity index (χ4n) is 1.56. The quantitative estimate of drug-likeness (QED) is 0.439. The maximum Gasteiger partial charge on any atom is 1.00 e. The molecule has 0 aliphatic carbocycles. The molecular weight excluding hydrogens is 195 g/mol. The molecule has 0 saturated heterocycles. The average molecular weight is 212 g/mol. The zero-order valence-corrected chi connectivity index (χ0v) is 11.2. The molecule has 5 heteroatoms. The Morgan fingerprint density at radius 1 is 1.29 bits per heavy atom. The summed E-state index contributed by atoms with van der Waals surface area (Å²) < 4.78 is 0. The fourth-order valence-corrected chi connectivity index (χ4v) is 1.56. The number of carboxylic acids is 2. The minimum absolute atomic E-state index is 0. The van der Waals surface area contributed by atoms with Gasteiger partial charge in [-0.1, -0.05) is 27.2 Å². The van der Waals surface area contributed by atoms with E-state index in [-0.39, 0.29) is 31.0 Å². The Morgan fingerprint density at radius 2 is 1.64 bits per heavy atom. The van der Waals surface area contributed by atoms with E-state index >= 15 is 0 Å². The molecule has 0 atom stereocenters. The Bertz CT molecular complexity index is 204. The van der Waals surface area contributed by atoms with Gasteiger partial charge in [-0.05, 0) is 11.8 Å². The van der Waals surface area contributed by atoms with E-state index in [0.29, 0.717) is 6.42 Å². The molecular formula is C9H17NaO4. The van der Waals surface area contributed by atoms with Crippen LogP contribution in [0.2, 0.25) is 0 Å². The van der Waals surface area contributed by atoms with Crippen LogP contribution in [0.4, 0.5) is 0 Å². The summed E-state index contributed by atoms with van der Waals surface area (Å²) in [7, 11) is 0. The van der Waals surface area contributed by atoms with Crippen LogP contribution in [0.15, 0.2) is 0 Å². The second-order valence-corrected chi connectivity index (χ2v) is 3.85. The van der Waals surface area contributed by atoms with E-state index in [1.165, 1.54) is 0 Å². The largest absolute Gasteiger partial charge is 1.00 e. The van der Waals surface area contributed by atoms with Crippen LogP contribution in [0.3, 0.4) is 0 Å². The first-order valence-corrected chi connectivity index (χ1v) is 4.28. The molecule has 0 aromatic carbocycles. The van der Waals surface area contributed by atoms with Crippen molar-refractivity contribution in [3.05, 3.63) is 0 Å². The molecule has 0 saturated carbocycles. The van der Waals surface area contributed by atoms with Gasteiger partial charge >= 0.3 is 41.5 Å². The topological polar surface area (TPSA) is 74.6 Å². The Morgan fingerprint density at radius 3 is 1.86 bits per heavy atom. The van der Waals surface area contributed by atoms with Crippen LogP contribution in [0.5, 0.6) is 0 Å². The van der Waals surface area contributed by atoms with Gasteiger partial charge in [0.15, 0.2) is 5.92 Å². The van der Waals surface area contributed by atoms with Crippen molar-refractivity contribution in [1.82, 2.24) is 0 Å². The zero-order valence-electron chi connectivity index (χ0n) is 10.2. The molecule has 0 aromatic rings.